The van der Waals surface area contributed by atoms with Gasteiger partial charge in [-0.15, -0.1) is 12.4 Å². The third-order valence-electron chi connectivity index (χ3n) is 5.43. The van der Waals surface area contributed by atoms with Gasteiger partial charge >= 0.3 is 0 Å². The van der Waals surface area contributed by atoms with Crippen LogP contribution in [0.5, 0.6) is 0 Å². The molecule has 0 aliphatic carbocycles. The molecule has 140 valence electrons. The first kappa shape index (κ1) is 18.9. The van der Waals surface area contributed by atoms with E-state index in [0.29, 0.717) is 24.7 Å². The molecule has 1 amide bonds. The lowest BCUT2D eigenvalue weighted by Gasteiger charge is -2.29. The zero-order chi connectivity index (χ0) is 17.4. The zero-order valence-electron chi connectivity index (χ0n) is 15.4. The van der Waals surface area contributed by atoms with E-state index in [9.17, 15) is 4.79 Å². The second-order valence-electron chi connectivity index (χ2n) is 7.56. The number of nitrogens with one attached hydrogen (secondary N) is 2. The number of halogens is 1. The first-order valence-electron chi connectivity index (χ1n) is 9.24. The molecule has 1 aromatic carbocycles. The van der Waals surface area contributed by atoms with Crippen molar-refractivity contribution in [2.24, 2.45) is 0 Å². The van der Waals surface area contributed by atoms with E-state index in [4.69, 9.17) is 0 Å². The van der Waals surface area contributed by atoms with Crippen molar-refractivity contribution in [3.63, 3.8) is 0 Å². The number of hydrogen-bond donors (Lipinski definition) is 2. The van der Waals surface area contributed by atoms with Gasteiger partial charge in [0.25, 0.3) is 5.91 Å². The summed E-state index contributed by atoms with van der Waals surface area (Å²) in [7, 11) is 0. The third kappa shape index (κ3) is 4.10. The van der Waals surface area contributed by atoms with E-state index in [1.54, 1.807) is 0 Å². The summed E-state index contributed by atoms with van der Waals surface area (Å²) in [6.45, 7) is 4.75. The van der Waals surface area contributed by atoms with E-state index in [-0.39, 0.29) is 18.3 Å². The van der Waals surface area contributed by atoms with E-state index in [1.807, 2.05) is 29.8 Å². The molecule has 2 unspecified atom stereocenters. The first-order valence-corrected chi connectivity index (χ1v) is 9.24. The van der Waals surface area contributed by atoms with Crippen molar-refractivity contribution in [1.29, 1.82) is 0 Å². The standard InChI is InChI=1S/C20H26N4O.ClH/c1-13-8-14(2)24(23-13)12-15-4-3-5-16(9-15)20(25)22-19-10-17-6-7-18(11-19)21-17;/h3-5,8-9,17-19,21H,6-7,10-12H2,1-2H3,(H,22,25);1H. The number of aryl methyl sites for hydroxylation is 2. The number of fused-ring (bicyclic) bond motifs is 2. The smallest absolute Gasteiger partial charge is 0.251 e. The van der Waals surface area contributed by atoms with Gasteiger partial charge in [0.2, 0.25) is 0 Å². The van der Waals surface area contributed by atoms with Gasteiger partial charge in [0.1, 0.15) is 0 Å². The average molecular weight is 375 g/mol. The number of nitrogens with zero attached hydrogens (tertiary/aromatic N) is 2. The molecule has 1 aromatic heterocycles. The molecule has 2 N–H and O–H groups in total. The quantitative estimate of drug-likeness (QED) is 0.864. The number of carbonyl (C=O) groups excluding carboxylic acids is 1. The number of piperidine rings is 1. The summed E-state index contributed by atoms with van der Waals surface area (Å²) in [6.07, 6.45) is 4.59. The van der Waals surface area contributed by atoms with Crippen LogP contribution in [0.3, 0.4) is 0 Å². The number of aromatic nitrogens is 2. The fourth-order valence-corrected chi connectivity index (χ4v) is 4.26. The van der Waals surface area contributed by atoms with Gasteiger partial charge in [-0.2, -0.15) is 5.10 Å². The lowest BCUT2D eigenvalue weighted by molar-refractivity contribution is 0.0924. The topological polar surface area (TPSA) is 59.0 Å². The Hall–Kier alpha value is -1.85. The summed E-state index contributed by atoms with van der Waals surface area (Å²) in [4.78, 5) is 12.7. The van der Waals surface area contributed by atoms with Gasteiger partial charge in [0.15, 0.2) is 0 Å². The Labute approximate surface area is 161 Å². The average Bonchev–Trinajstić information content (AvgIpc) is 3.08. The fraction of sp³-hybridized carbons (Fsp3) is 0.500. The van der Waals surface area contributed by atoms with Crippen LogP contribution in [0.4, 0.5) is 0 Å². The largest absolute Gasteiger partial charge is 0.349 e. The van der Waals surface area contributed by atoms with Crippen molar-refractivity contribution in [1.82, 2.24) is 20.4 Å². The van der Waals surface area contributed by atoms with Gasteiger partial charge in [0, 0.05) is 29.4 Å². The number of rotatable bonds is 4. The second kappa shape index (κ2) is 7.80. The van der Waals surface area contributed by atoms with Crippen LogP contribution in [-0.4, -0.2) is 33.8 Å². The molecule has 2 bridgehead atoms. The monoisotopic (exact) mass is 374 g/mol. The minimum Gasteiger partial charge on any atom is -0.349 e. The van der Waals surface area contributed by atoms with Crippen molar-refractivity contribution in [2.45, 2.75) is 64.2 Å². The zero-order valence-corrected chi connectivity index (χ0v) is 16.2. The van der Waals surface area contributed by atoms with Gasteiger partial charge < -0.3 is 10.6 Å². The molecular formula is C20H27ClN4O. The Bertz CT molecular complexity index is 776. The Balaban J connectivity index is 0.00000196. The van der Waals surface area contributed by atoms with E-state index >= 15 is 0 Å². The molecule has 0 radical (unpaired) electrons. The van der Waals surface area contributed by atoms with Crippen LogP contribution in [0.15, 0.2) is 30.3 Å². The molecular weight excluding hydrogens is 348 g/mol. The lowest BCUT2D eigenvalue weighted by Crippen LogP contribution is -2.48. The van der Waals surface area contributed by atoms with E-state index < -0.39 is 0 Å². The highest BCUT2D eigenvalue weighted by Gasteiger charge is 2.34. The Morgan fingerprint density at radius 3 is 2.62 bits per heavy atom. The predicted octanol–water partition coefficient (Wildman–Crippen LogP) is 2.98. The molecule has 2 fully saturated rings. The SMILES string of the molecule is Cc1cc(C)n(Cc2cccc(C(=O)NC3CC4CCC(C3)N4)c2)n1.Cl. The first-order chi connectivity index (χ1) is 12.1. The van der Waals surface area contributed by atoms with Crippen LogP contribution in [-0.2, 0) is 6.54 Å². The van der Waals surface area contributed by atoms with Crippen molar-refractivity contribution in [3.05, 3.63) is 52.8 Å². The Morgan fingerprint density at radius 1 is 1.23 bits per heavy atom. The fourth-order valence-electron chi connectivity index (χ4n) is 4.26. The highest BCUT2D eigenvalue weighted by molar-refractivity contribution is 5.94. The Kier molecular flexibility index (Phi) is 5.68. The summed E-state index contributed by atoms with van der Waals surface area (Å²) >= 11 is 0. The summed E-state index contributed by atoms with van der Waals surface area (Å²) in [5.74, 6) is 0.0431. The normalized spacial score (nSPS) is 24.2. The van der Waals surface area contributed by atoms with Crippen LogP contribution in [0.2, 0.25) is 0 Å². The highest BCUT2D eigenvalue weighted by atomic mass is 35.5. The van der Waals surface area contributed by atoms with Crippen molar-refractivity contribution in [3.8, 4) is 0 Å². The van der Waals surface area contributed by atoms with E-state index in [0.717, 1.165) is 35.4 Å². The molecule has 6 heteroatoms. The van der Waals surface area contributed by atoms with E-state index in [2.05, 4.69) is 34.8 Å². The molecule has 2 atom stereocenters. The highest BCUT2D eigenvalue weighted by Crippen LogP contribution is 2.27. The molecule has 0 spiro atoms. The van der Waals surface area contributed by atoms with Gasteiger partial charge in [0.05, 0.1) is 12.2 Å². The summed E-state index contributed by atoms with van der Waals surface area (Å²) in [5.41, 5.74) is 4.00. The molecule has 2 aromatic rings. The molecule has 2 aliphatic heterocycles. The number of carbonyl (C=O) groups is 1. The maximum atomic E-state index is 12.7. The maximum absolute atomic E-state index is 12.7. The van der Waals surface area contributed by atoms with Crippen LogP contribution < -0.4 is 10.6 Å². The van der Waals surface area contributed by atoms with Crippen LogP contribution in [0, 0.1) is 13.8 Å². The van der Waals surface area contributed by atoms with E-state index in [1.165, 1.54) is 12.8 Å². The number of hydrogen-bond acceptors (Lipinski definition) is 3. The van der Waals surface area contributed by atoms with Crippen molar-refractivity contribution < 1.29 is 4.79 Å². The summed E-state index contributed by atoms with van der Waals surface area (Å²) in [6, 6.07) is 11.4. The lowest BCUT2D eigenvalue weighted by atomic mass is 9.99. The van der Waals surface area contributed by atoms with Crippen LogP contribution in [0.1, 0.15) is 53.0 Å². The molecule has 5 nitrogen and oxygen atoms in total. The Morgan fingerprint density at radius 2 is 1.96 bits per heavy atom. The van der Waals surface area contributed by atoms with Gasteiger partial charge in [-0.1, -0.05) is 12.1 Å². The number of benzene rings is 1. The molecule has 4 rings (SSSR count). The molecule has 0 saturated carbocycles. The van der Waals surface area contributed by atoms with Crippen molar-refractivity contribution >= 4 is 18.3 Å². The summed E-state index contributed by atoms with van der Waals surface area (Å²) < 4.78 is 1.98. The van der Waals surface area contributed by atoms with Crippen LogP contribution >= 0.6 is 12.4 Å². The predicted molar refractivity (Wildman–Crippen MR) is 105 cm³/mol. The molecule has 2 aliphatic rings. The third-order valence-corrected chi connectivity index (χ3v) is 5.43. The van der Waals surface area contributed by atoms with Crippen molar-refractivity contribution in [2.75, 3.05) is 0 Å². The minimum atomic E-state index is 0. The van der Waals surface area contributed by atoms with Gasteiger partial charge in [-0.3, -0.25) is 9.48 Å². The van der Waals surface area contributed by atoms with Gasteiger partial charge in [-0.05, 0) is 63.3 Å². The minimum absolute atomic E-state index is 0. The second-order valence-corrected chi connectivity index (χ2v) is 7.56. The maximum Gasteiger partial charge on any atom is 0.251 e. The molecule has 26 heavy (non-hydrogen) atoms. The molecule has 3 heterocycles. The molecule has 2 saturated heterocycles. The number of amides is 1. The summed E-state index contributed by atoms with van der Waals surface area (Å²) in [5, 5.41) is 11.4. The van der Waals surface area contributed by atoms with Gasteiger partial charge in [-0.25, -0.2) is 0 Å². The van der Waals surface area contributed by atoms with Crippen LogP contribution in [0.25, 0.3) is 0 Å².